The first-order chi connectivity index (χ1) is 9.40. The lowest BCUT2D eigenvalue weighted by atomic mass is 9.98. The second kappa shape index (κ2) is 5.64. The van der Waals surface area contributed by atoms with Crippen molar-refractivity contribution in [3.63, 3.8) is 0 Å². The molecule has 1 heterocycles. The fourth-order valence-corrected chi connectivity index (χ4v) is 2.39. The molecular weight excluding hydrogens is 260 g/mol. The van der Waals surface area contributed by atoms with Gasteiger partial charge in [0.05, 0.1) is 5.69 Å². The highest BCUT2D eigenvalue weighted by molar-refractivity contribution is 5.83. The Morgan fingerprint density at radius 1 is 1.45 bits per heavy atom. The van der Waals surface area contributed by atoms with E-state index in [2.05, 4.69) is 5.16 Å². The molecule has 1 fully saturated rings. The maximum atomic E-state index is 12.4. The van der Waals surface area contributed by atoms with E-state index in [4.69, 9.17) is 9.63 Å². The van der Waals surface area contributed by atoms with E-state index in [1.165, 1.54) is 4.90 Å². The lowest BCUT2D eigenvalue weighted by molar-refractivity contribution is -0.146. The second-order valence-corrected chi connectivity index (χ2v) is 5.50. The Kier molecular flexibility index (Phi) is 4.11. The highest BCUT2D eigenvalue weighted by atomic mass is 16.5. The SMILES string of the molecule is Cc1noc(C)c1CC(C)C(=O)N(CC(=O)O)C1CC1. The number of carboxylic acids is 1. The number of aromatic nitrogens is 1. The van der Waals surface area contributed by atoms with E-state index in [0.29, 0.717) is 6.42 Å². The maximum Gasteiger partial charge on any atom is 0.323 e. The lowest BCUT2D eigenvalue weighted by Crippen LogP contribution is -2.41. The molecule has 1 atom stereocenters. The standard InChI is InChI=1S/C14H20N2O4/c1-8(6-12-9(2)15-20-10(12)3)14(19)16(7-13(17)18)11-4-5-11/h8,11H,4-7H2,1-3H3,(H,17,18). The number of aryl methyl sites for hydroxylation is 2. The largest absolute Gasteiger partial charge is 0.480 e. The quantitative estimate of drug-likeness (QED) is 0.854. The zero-order valence-electron chi connectivity index (χ0n) is 12.0. The number of hydrogen-bond donors (Lipinski definition) is 1. The summed E-state index contributed by atoms with van der Waals surface area (Å²) in [4.78, 5) is 24.8. The van der Waals surface area contributed by atoms with Crippen molar-refractivity contribution in [2.75, 3.05) is 6.54 Å². The molecule has 1 aliphatic rings. The molecule has 1 aromatic heterocycles. The Balaban J connectivity index is 2.05. The summed E-state index contributed by atoms with van der Waals surface area (Å²) in [7, 11) is 0. The van der Waals surface area contributed by atoms with Crippen LogP contribution >= 0.6 is 0 Å². The minimum atomic E-state index is -0.963. The fraction of sp³-hybridized carbons (Fsp3) is 0.643. The molecule has 1 saturated carbocycles. The predicted octanol–water partition coefficient (Wildman–Crippen LogP) is 1.55. The molecule has 1 aromatic rings. The average Bonchev–Trinajstić information content (AvgIpc) is 3.17. The van der Waals surface area contributed by atoms with Crippen molar-refractivity contribution in [3.8, 4) is 0 Å². The molecular formula is C14H20N2O4. The summed E-state index contributed by atoms with van der Waals surface area (Å²) >= 11 is 0. The van der Waals surface area contributed by atoms with Crippen molar-refractivity contribution in [3.05, 3.63) is 17.0 Å². The third-order valence-corrected chi connectivity index (χ3v) is 3.69. The van der Waals surface area contributed by atoms with Gasteiger partial charge in [-0.1, -0.05) is 12.1 Å². The Morgan fingerprint density at radius 2 is 2.10 bits per heavy atom. The van der Waals surface area contributed by atoms with Gasteiger partial charge in [0.2, 0.25) is 5.91 Å². The van der Waals surface area contributed by atoms with Crippen molar-refractivity contribution < 1.29 is 19.2 Å². The van der Waals surface area contributed by atoms with Crippen LogP contribution in [-0.2, 0) is 16.0 Å². The molecule has 0 radical (unpaired) electrons. The van der Waals surface area contributed by atoms with Gasteiger partial charge in [-0.3, -0.25) is 9.59 Å². The van der Waals surface area contributed by atoms with Gasteiger partial charge in [-0.15, -0.1) is 0 Å². The summed E-state index contributed by atoms with van der Waals surface area (Å²) in [6.45, 7) is 5.28. The van der Waals surface area contributed by atoms with Gasteiger partial charge in [0.25, 0.3) is 0 Å². The van der Waals surface area contributed by atoms with Crippen LogP contribution in [0.15, 0.2) is 4.52 Å². The van der Waals surface area contributed by atoms with Gasteiger partial charge in [-0.2, -0.15) is 0 Å². The number of rotatable bonds is 6. The zero-order valence-corrected chi connectivity index (χ0v) is 12.0. The first-order valence-corrected chi connectivity index (χ1v) is 6.84. The van der Waals surface area contributed by atoms with E-state index < -0.39 is 5.97 Å². The number of nitrogens with zero attached hydrogens (tertiary/aromatic N) is 2. The van der Waals surface area contributed by atoms with Crippen LogP contribution in [0, 0.1) is 19.8 Å². The number of carboxylic acid groups (broad SMARTS) is 1. The van der Waals surface area contributed by atoms with Gasteiger partial charge in [0.1, 0.15) is 12.3 Å². The first kappa shape index (κ1) is 14.6. The Bertz CT molecular complexity index is 500. The van der Waals surface area contributed by atoms with Crippen LogP contribution in [0.5, 0.6) is 0 Å². The van der Waals surface area contributed by atoms with Gasteiger partial charge < -0.3 is 14.5 Å². The highest BCUT2D eigenvalue weighted by Gasteiger charge is 2.36. The molecule has 6 heteroatoms. The zero-order chi connectivity index (χ0) is 14.9. The molecule has 1 N–H and O–H groups in total. The predicted molar refractivity (Wildman–Crippen MR) is 71.2 cm³/mol. The van der Waals surface area contributed by atoms with Gasteiger partial charge in [0.15, 0.2) is 0 Å². The molecule has 1 unspecified atom stereocenters. The summed E-state index contributed by atoms with van der Waals surface area (Å²) in [5, 5.41) is 12.8. The summed E-state index contributed by atoms with van der Waals surface area (Å²) in [5.41, 5.74) is 1.73. The van der Waals surface area contributed by atoms with Crippen LogP contribution in [0.25, 0.3) is 0 Å². The minimum Gasteiger partial charge on any atom is -0.480 e. The van der Waals surface area contributed by atoms with Gasteiger partial charge >= 0.3 is 5.97 Å². The molecule has 1 amide bonds. The molecule has 20 heavy (non-hydrogen) atoms. The van der Waals surface area contributed by atoms with Crippen molar-refractivity contribution in [1.82, 2.24) is 10.1 Å². The molecule has 6 nitrogen and oxygen atoms in total. The fourth-order valence-electron chi connectivity index (χ4n) is 2.39. The highest BCUT2D eigenvalue weighted by Crippen LogP contribution is 2.29. The molecule has 0 aliphatic heterocycles. The van der Waals surface area contributed by atoms with Crippen molar-refractivity contribution >= 4 is 11.9 Å². The molecule has 0 bridgehead atoms. The van der Waals surface area contributed by atoms with Crippen LogP contribution in [0.2, 0.25) is 0 Å². The van der Waals surface area contributed by atoms with E-state index in [9.17, 15) is 9.59 Å². The van der Waals surface area contributed by atoms with Crippen LogP contribution in [0.3, 0.4) is 0 Å². The number of amides is 1. The van der Waals surface area contributed by atoms with E-state index in [1.807, 2.05) is 20.8 Å². The van der Waals surface area contributed by atoms with E-state index >= 15 is 0 Å². The molecule has 0 saturated heterocycles. The van der Waals surface area contributed by atoms with Crippen LogP contribution in [-0.4, -0.2) is 39.6 Å². The van der Waals surface area contributed by atoms with E-state index in [1.54, 1.807) is 0 Å². The van der Waals surface area contributed by atoms with Crippen molar-refractivity contribution in [2.24, 2.45) is 5.92 Å². The summed E-state index contributed by atoms with van der Waals surface area (Å²) in [6.07, 6.45) is 2.33. The Labute approximate surface area is 117 Å². The third-order valence-electron chi connectivity index (χ3n) is 3.69. The topological polar surface area (TPSA) is 83.6 Å². The van der Waals surface area contributed by atoms with Crippen LogP contribution < -0.4 is 0 Å². The minimum absolute atomic E-state index is 0.102. The van der Waals surface area contributed by atoms with E-state index in [0.717, 1.165) is 29.9 Å². The van der Waals surface area contributed by atoms with Crippen molar-refractivity contribution in [1.29, 1.82) is 0 Å². The normalized spacial score (nSPS) is 15.9. The second-order valence-electron chi connectivity index (χ2n) is 5.50. The van der Waals surface area contributed by atoms with Gasteiger partial charge in [0, 0.05) is 17.5 Å². The number of carbonyl (C=O) groups excluding carboxylic acids is 1. The smallest absolute Gasteiger partial charge is 0.323 e. The summed E-state index contributed by atoms with van der Waals surface area (Å²) in [5.74, 6) is -0.616. The summed E-state index contributed by atoms with van der Waals surface area (Å²) < 4.78 is 5.09. The molecule has 2 rings (SSSR count). The molecule has 110 valence electrons. The Hall–Kier alpha value is -1.85. The maximum absolute atomic E-state index is 12.4. The van der Waals surface area contributed by atoms with Gasteiger partial charge in [-0.05, 0) is 33.1 Å². The van der Waals surface area contributed by atoms with Crippen LogP contribution in [0.1, 0.15) is 36.8 Å². The van der Waals surface area contributed by atoms with Gasteiger partial charge in [-0.25, -0.2) is 0 Å². The lowest BCUT2D eigenvalue weighted by Gasteiger charge is -2.24. The average molecular weight is 280 g/mol. The number of aliphatic carboxylic acids is 1. The number of hydrogen-bond acceptors (Lipinski definition) is 4. The summed E-state index contributed by atoms with van der Waals surface area (Å²) in [6, 6.07) is 0.103. The molecule has 0 aromatic carbocycles. The van der Waals surface area contributed by atoms with Crippen molar-refractivity contribution in [2.45, 2.75) is 46.1 Å². The van der Waals surface area contributed by atoms with E-state index in [-0.39, 0.29) is 24.4 Å². The Morgan fingerprint density at radius 3 is 2.55 bits per heavy atom. The molecule has 0 spiro atoms. The monoisotopic (exact) mass is 280 g/mol. The third kappa shape index (κ3) is 3.18. The van der Waals surface area contributed by atoms with Crippen LogP contribution in [0.4, 0.5) is 0 Å². The molecule has 1 aliphatic carbocycles. The first-order valence-electron chi connectivity index (χ1n) is 6.84. The number of carbonyl (C=O) groups is 2.